The zero-order valence-electron chi connectivity index (χ0n) is 15.5. The molecule has 6 heteroatoms. The minimum atomic E-state index is -0.0348. The molecule has 0 N–H and O–H groups in total. The van der Waals surface area contributed by atoms with Crippen LogP contribution in [0.25, 0.3) is 0 Å². The standard InChI is InChI=1S/C20H27N5O/c1-2-17-13-22-19(23-14-17)25-9-6-20(7-10-25)16-24(11-12-26-20)15-18-5-3-4-8-21-18/h3-5,8,13-14H,2,6-7,9-12,15-16H2,1H3. The summed E-state index contributed by atoms with van der Waals surface area (Å²) in [6.07, 6.45) is 8.77. The van der Waals surface area contributed by atoms with E-state index in [9.17, 15) is 0 Å². The summed E-state index contributed by atoms with van der Waals surface area (Å²) >= 11 is 0. The van der Waals surface area contributed by atoms with Gasteiger partial charge in [-0.25, -0.2) is 9.97 Å². The number of aryl methyl sites for hydroxylation is 1. The number of pyridine rings is 1. The highest BCUT2D eigenvalue weighted by molar-refractivity contribution is 5.31. The van der Waals surface area contributed by atoms with E-state index in [2.05, 4.69) is 43.8 Å². The maximum atomic E-state index is 6.27. The number of piperidine rings is 1. The van der Waals surface area contributed by atoms with Crippen molar-refractivity contribution in [1.82, 2.24) is 19.9 Å². The molecule has 2 saturated heterocycles. The monoisotopic (exact) mass is 353 g/mol. The van der Waals surface area contributed by atoms with Crippen LogP contribution in [0.15, 0.2) is 36.8 Å². The van der Waals surface area contributed by atoms with Gasteiger partial charge in [-0.05, 0) is 37.0 Å². The molecule has 2 aliphatic rings. The molecule has 4 rings (SSSR count). The number of morpholine rings is 1. The van der Waals surface area contributed by atoms with Gasteiger partial charge in [0, 0.05) is 51.3 Å². The Morgan fingerprint density at radius 3 is 2.58 bits per heavy atom. The molecule has 6 nitrogen and oxygen atoms in total. The zero-order chi connectivity index (χ0) is 17.8. The van der Waals surface area contributed by atoms with Crippen LogP contribution in [-0.4, -0.2) is 58.2 Å². The lowest BCUT2D eigenvalue weighted by Crippen LogP contribution is -2.56. The van der Waals surface area contributed by atoms with E-state index in [0.29, 0.717) is 0 Å². The molecule has 2 aliphatic heterocycles. The predicted octanol–water partition coefficient (Wildman–Crippen LogP) is 2.31. The van der Waals surface area contributed by atoms with E-state index in [1.807, 2.05) is 24.7 Å². The third-order valence-corrected chi connectivity index (χ3v) is 5.50. The second-order valence-electron chi connectivity index (χ2n) is 7.30. The molecule has 0 radical (unpaired) electrons. The quantitative estimate of drug-likeness (QED) is 0.841. The molecule has 2 aromatic rings. The van der Waals surface area contributed by atoms with Gasteiger partial charge in [0.25, 0.3) is 0 Å². The predicted molar refractivity (Wildman–Crippen MR) is 101 cm³/mol. The summed E-state index contributed by atoms with van der Waals surface area (Å²) < 4.78 is 6.27. The Hall–Kier alpha value is -2.05. The number of rotatable bonds is 4. The number of hydrogen-bond acceptors (Lipinski definition) is 6. The van der Waals surface area contributed by atoms with Gasteiger partial charge in [0.05, 0.1) is 17.9 Å². The van der Waals surface area contributed by atoms with Crippen molar-refractivity contribution in [3.63, 3.8) is 0 Å². The van der Waals surface area contributed by atoms with E-state index in [1.165, 1.54) is 5.56 Å². The summed E-state index contributed by atoms with van der Waals surface area (Å²) in [4.78, 5) is 18.3. The van der Waals surface area contributed by atoms with E-state index in [1.54, 1.807) is 0 Å². The highest BCUT2D eigenvalue weighted by Crippen LogP contribution is 2.31. The maximum Gasteiger partial charge on any atom is 0.225 e. The molecule has 0 saturated carbocycles. The molecule has 2 fully saturated rings. The Bertz CT molecular complexity index is 698. The fraction of sp³-hybridized carbons (Fsp3) is 0.550. The minimum absolute atomic E-state index is 0.0348. The van der Waals surface area contributed by atoms with Crippen LogP contribution in [0.3, 0.4) is 0 Å². The first-order chi connectivity index (χ1) is 12.8. The van der Waals surface area contributed by atoms with Gasteiger partial charge in [-0.2, -0.15) is 0 Å². The van der Waals surface area contributed by atoms with Crippen LogP contribution in [0.1, 0.15) is 31.0 Å². The fourth-order valence-corrected chi connectivity index (χ4v) is 3.89. The van der Waals surface area contributed by atoms with Crippen molar-refractivity contribution < 1.29 is 4.74 Å². The van der Waals surface area contributed by atoms with E-state index in [4.69, 9.17) is 4.74 Å². The average molecular weight is 353 g/mol. The lowest BCUT2D eigenvalue weighted by Gasteiger charge is -2.47. The van der Waals surface area contributed by atoms with Gasteiger partial charge in [0.2, 0.25) is 5.95 Å². The van der Waals surface area contributed by atoms with Gasteiger partial charge in [-0.1, -0.05) is 13.0 Å². The van der Waals surface area contributed by atoms with Crippen LogP contribution < -0.4 is 4.90 Å². The van der Waals surface area contributed by atoms with Gasteiger partial charge < -0.3 is 9.64 Å². The number of nitrogens with zero attached hydrogens (tertiary/aromatic N) is 5. The molecule has 0 aliphatic carbocycles. The molecular formula is C20H27N5O. The lowest BCUT2D eigenvalue weighted by atomic mass is 9.89. The van der Waals surface area contributed by atoms with Crippen molar-refractivity contribution in [2.75, 3.05) is 37.7 Å². The summed E-state index contributed by atoms with van der Waals surface area (Å²) in [5, 5.41) is 0. The fourth-order valence-electron chi connectivity index (χ4n) is 3.89. The van der Waals surface area contributed by atoms with Crippen LogP contribution >= 0.6 is 0 Å². The van der Waals surface area contributed by atoms with Gasteiger partial charge in [-0.15, -0.1) is 0 Å². The van der Waals surface area contributed by atoms with Gasteiger partial charge >= 0.3 is 0 Å². The Morgan fingerprint density at radius 1 is 1.08 bits per heavy atom. The van der Waals surface area contributed by atoms with Crippen LogP contribution in [-0.2, 0) is 17.7 Å². The maximum absolute atomic E-state index is 6.27. The molecule has 0 aromatic carbocycles. The molecule has 0 unspecified atom stereocenters. The number of ether oxygens (including phenoxy) is 1. The molecule has 0 amide bonds. The highest BCUT2D eigenvalue weighted by atomic mass is 16.5. The van der Waals surface area contributed by atoms with Crippen molar-refractivity contribution in [2.45, 2.75) is 38.3 Å². The Balaban J connectivity index is 1.36. The number of hydrogen-bond donors (Lipinski definition) is 0. The van der Waals surface area contributed by atoms with Crippen LogP contribution in [0, 0.1) is 0 Å². The van der Waals surface area contributed by atoms with Crippen molar-refractivity contribution in [3.05, 3.63) is 48.0 Å². The second-order valence-corrected chi connectivity index (χ2v) is 7.30. The Kier molecular flexibility index (Phi) is 5.13. The van der Waals surface area contributed by atoms with Crippen molar-refractivity contribution in [1.29, 1.82) is 0 Å². The van der Waals surface area contributed by atoms with E-state index in [-0.39, 0.29) is 5.60 Å². The van der Waals surface area contributed by atoms with Gasteiger partial charge in [-0.3, -0.25) is 9.88 Å². The van der Waals surface area contributed by atoms with Gasteiger partial charge in [0.15, 0.2) is 0 Å². The summed E-state index contributed by atoms with van der Waals surface area (Å²) in [6, 6.07) is 6.12. The number of anilines is 1. The first kappa shape index (κ1) is 17.4. The summed E-state index contributed by atoms with van der Waals surface area (Å²) in [5.74, 6) is 0.846. The summed E-state index contributed by atoms with van der Waals surface area (Å²) in [6.45, 7) is 7.68. The van der Waals surface area contributed by atoms with Crippen molar-refractivity contribution in [2.24, 2.45) is 0 Å². The summed E-state index contributed by atoms with van der Waals surface area (Å²) in [7, 11) is 0. The van der Waals surface area contributed by atoms with E-state index >= 15 is 0 Å². The van der Waals surface area contributed by atoms with Gasteiger partial charge in [0.1, 0.15) is 0 Å². The molecule has 2 aromatic heterocycles. The van der Waals surface area contributed by atoms with E-state index < -0.39 is 0 Å². The molecule has 0 atom stereocenters. The molecule has 0 bridgehead atoms. The van der Waals surface area contributed by atoms with Crippen molar-refractivity contribution in [3.8, 4) is 0 Å². The second kappa shape index (κ2) is 7.68. The SMILES string of the molecule is CCc1cnc(N2CCC3(CC2)CN(Cc2ccccn2)CCO3)nc1. The smallest absolute Gasteiger partial charge is 0.225 e. The first-order valence-electron chi connectivity index (χ1n) is 9.58. The third kappa shape index (κ3) is 3.86. The molecule has 138 valence electrons. The largest absolute Gasteiger partial charge is 0.372 e. The van der Waals surface area contributed by atoms with Crippen LogP contribution in [0.4, 0.5) is 5.95 Å². The first-order valence-corrected chi connectivity index (χ1v) is 9.58. The Labute approximate surface area is 155 Å². The average Bonchev–Trinajstić information content (AvgIpc) is 2.70. The highest BCUT2D eigenvalue weighted by Gasteiger charge is 2.40. The molecule has 26 heavy (non-hydrogen) atoms. The third-order valence-electron chi connectivity index (χ3n) is 5.50. The summed E-state index contributed by atoms with van der Waals surface area (Å²) in [5.41, 5.74) is 2.28. The zero-order valence-corrected chi connectivity index (χ0v) is 15.5. The van der Waals surface area contributed by atoms with Crippen molar-refractivity contribution >= 4 is 5.95 Å². The lowest BCUT2D eigenvalue weighted by molar-refractivity contribution is -0.123. The topological polar surface area (TPSA) is 54.4 Å². The normalized spacial score (nSPS) is 20.4. The molecular weight excluding hydrogens is 326 g/mol. The van der Waals surface area contributed by atoms with Crippen LogP contribution in [0.5, 0.6) is 0 Å². The number of aromatic nitrogens is 3. The minimum Gasteiger partial charge on any atom is -0.372 e. The van der Waals surface area contributed by atoms with Crippen LogP contribution in [0.2, 0.25) is 0 Å². The Morgan fingerprint density at radius 2 is 1.88 bits per heavy atom. The molecule has 4 heterocycles. The van der Waals surface area contributed by atoms with E-state index in [0.717, 1.165) is 70.2 Å². The molecule has 1 spiro atoms.